The van der Waals surface area contributed by atoms with Crippen LogP contribution in [-0.2, 0) is 16.1 Å². The molecule has 0 unspecified atom stereocenters. The number of halogens is 1. The molecule has 132 valence electrons. The van der Waals surface area contributed by atoms with Crippen molar-refractivity contribution < 1.29 is 14.3 Å². The summed E-state index contributed by atoms with van der Waals surface area (Å²) in [7, 11) is 0. The normalized spacial score (nSPS) is 15.9. The molecule has 6 heteroatoms. The molecule has 0 aromatic heterocycles. The maximum Gasteiger partial charge on any atom is 0.410 e. The van der Waals surface area contributed by atoms with Gasteiger partial charge in [-0.2, -0.15) is 0 Å². The Labute approximate surface area is 151 Å². The lowest BCUT2D eigenvalue weighted by Crippen LogP contribution is -2.44. The van der Waals surface area contributed by atoms with Gasteiger partial charge in [0.15, 0.2) is 0 Å². The first kappa shape index (κ1) is 18.8. The van der Waals surface area contributed by atoms with Crippen LogP contribution in [0.4, 0.5) is 4.79 Å². The van der Waals surface area contributed by atoms with Crippen molar-refractivity contribution in [1.82, 2.24) is 10.2 Å². The molecule has 1 aromatic rings. The van der Waals surface area contributed by atoms with Crippen molar-refractivity contribution in [2.24, 2.45) is 5.92 Å². The Morgan fingerprint density at radius 3 is 2.33 bits per heavy atom. The summed E-state index contributed by atoms with van der Waals surface area (Å²) in [5.74, 6) is 0.0147. The standard InChI is InChI=1S/C18H25BrN2O3/c1-18(2,3)24-17(23)21-10-8-14(9-11-21)16(22)20-12-13-4-6-15(19)7-5-13/h4-7,14H,8-12H2,1-3H3,(H,20,22). The summed E-state index contributed by atoms with van der Waals surface area (Å²) in [6.07, 6.45) is 1.05. The Hall–Kier alpha value is -1.56. The molecular weight excluding hydrogens is 372 g/mol. The predicted molar refractivity (Wildman–Crippen MR) is 96.5 cm³/mol. The van der Waals surface area contributed by atoms with E-state index in [4.69, 9.17) is 4.74 Å². The van der Waals surface area contributed by atoms with Gasteiger partial charge in [-0.3, -0.25) is 4.79 Å². The van der Waals surface area contributed by atoms with Crippen LogP contribution in [0.5, 0.6) is 0 Å². The van der Waals surface area contributed by atoms with E-state index in [0.717, 1.165) is 10.0 Å². The molecule has 0 atom stereocenters. The number of benzene rings is 1. The van der Waals surface area contributed by atoms with Crippen molar-refractivity contribution in [3.8, 4) is 0 Å². The van der Waals surface area contributed by atoms with Gasteiger partial charge in [-0.25, -0.2) is 4.79 Å². The topological polar surface area (TPSA) is 58.6 Å². The van der Waals surface area contributed by atoms with Crippen molar-refractivity contribution in [1.29, 1.82) is 0 Å². The number of piperidine rings is 1. The van der Waals surface area contributed by atoms with E-state index in [1.807, 2.05) is 45.0 Å². The van der Waals surface area contributed by atoms with E-state index in [9.17, 15) is 9.59 Å². The monoisotopic (exact) mass is 396 g/mol. The molecule has 1 saturated heterocycles. The van der Waals surface area contributed by atoms with E-state index in [1.54, 1.807) is 4.90 Å². The molecule has 0 radical (unpaired) electrons. The summed E-state index contributed by atoms with van der Waals surface area (Å²) in [6.45, 7) is 7.21. The lowest BCUT2D eigenvalue weighted by molar-refractivity contribution is -0.126. The number of carbonyl (C=O) groups excluding carboxylic acids is 2. The van der Waals surface area contributed by atoms with Crippen molar-refractivity contribution in [3.63, 3.8) is 0 Å². The van der Waals surface area contributed by atoms with E-state index < -0.39 is 5.60 Å². The fourth-order valence-corrected chi connectivity index (χ4v) is 2.85. The SMILES string of the molecule is CC(C)(C)OC(=O)N1CCC(C(=O)NCc2ccc(Br)cc2)CC1. The van der Waals surface area contributed by atoms with Crippen LogP contribution in [0.15, 0.2) is 28.7 Å². The summed E-state index contributed by atoms with van der Waals surface area (Å²) in [6, 6.07) is 7.88. The second-order valence-electron chi connectivity index (χ2n) is 7.09. The molecule has 0 bridgehead atoms. The molecule has 0 spiro atoms. The number of ether oxygens (including phenoxy) is 1. The smallest absolute Gasteiger partial charge is 0.410 e. The van der Waals surface area contributed by atoms with Gasteiger partial charge in [-0.05, 0) is 51.3 Å². The van der Waals surface area contributed by atoms with E-state index in [-0.39, 0.29) is 17.9 Å². The Kier molecular flexibility index (Phi) is 6.27. The van der Waals surface area contributed by atoms with Gasteiger partial charge >= 0.3 is 6.09 Å². The Bertz CT molecular complexity index is 573. The zero-order chi connectivity index (χ0) is 17.7. The van der Waals surface area contributed by atoms with Gasteiger partial charge in [-0.1, -0.05) is 28.1 Å². The first-order chi connectivity index (χ1) is 11.2. The molecule has 2 amide bonds. The van der Waals surface area contributed by atoms with E-state index in [2.05, 4.69) is 21.2 Å². The first-order valence-corrected chi connectivity index (χ1v) is 9.04. The van der Waals surface area contributed by atoms with Crippen molar-refractivity contribution in [2.45, 2.75) is 45.8 Å². The zero-order valence-corrected chi connectivity index (χ0v) is 16.1. The van der Waals surface area contributed by atoms with Crippen LogP contribution >= 0.6 is 15.9 Å². The first-order valence-electron chi connectivity index (χ1n) is 8.25. The number of nitrogens with zero attached hydrogens (tertiary/aromatic N) is 1. The number of nitrogens with one attached hydrogen (secondary N) is 1. The van der Waals surface area contributed by atoms with Gasteiger partial charge in [0.1, 0.15) is 5.60 Å². The van der Waals surface area contributed by atoms with Crippen LogP contribution in [0.3, 0.4) is 0 Å². The highest BCUT2D eigenvalue weighted by Crippen LogP contribution is 2.20. The molecule has 2 rings (SSSR count). The maximum absolute atomic E-state index is 12.3. The maximum atomic E-state index is 12.3. The van der Waals surface area contributed by atoms with E-state index in [1.165, 1.54) is 0 Å². The molecule has 0 aliphatic carbocycles. The molecule has 0 saturated carbocycles. The number of hydrogen-bond donors (Lipinski definition) is 1. The highest BCUT2D eigenvalue weighted by molar-refractivity contribution is 9.10. The van der Waals surface area contributed by atoms with Crippen LogP contribution in [-0.4, -0.2) is 35.6 Å². The Morgan fingerprint density at radius 1 is 1.21 bits per heavy atom. The second kappa shape index (κ2) is 8.01. The highest BCUT2D eigenvalue weighted by Gasteiger charge is 2.29. The summed E-state index contributed by atoms with van der Waals surface area (Å²) < 4.78 is 6.39. The number of carbonyl (C=O) groups is 2. The van der Waals surface area contributed by atoms with Crippen LogP contribution in [0.2, 0.25) is 0 Å². The van der Waals surface area contributed by atoms with Gasteiger partial charge in [0.25, 0.3) is 0 Å². The summed E-state index contributed by atoms with van der Waals surface area (Å²) in [5, 5.41) is 2.98. The number of rotatable bonds is 3. The number of likely N-dealkylation sites (tertiary alicyclic amines) is 1. The highest BCUT2D eigenvalue weighted by atomic mass is 79.9. The lowest BCUT2D eigenvalue weighted by atomic mass is 9.96. The number of amides is 2. The van der Waals surface area contributed by atoms with Crippen LogP contribution in [0.1, 0.15) is 39.2 Å². The molecule has 5 nitrogen and oxygen atoms in total. The second-order valence-corrected chi connectivity index (χ2v) is 8.00. The van der Waals surface area contributed by atoms with Crippen molar-refractivity contribution in [2.75, 3.05) is 13.1 Å². The molecule has 1 heterocycles. The van der Waals surface area contributed by atoms with Gasteiger partial charge in [0.05, 0.1) is 0 Å². The average molecular weight is 397 g/mol. The molecule has 1 aliphatic heterocycles. The van der Waals surface area contributed by atoms with Gasteiger partial charge in [0.2, 0.25) is 5.91 Å². The molecule has 1 aromatic carbocycles. The van der Waals surface area contributed by atoms with Crippen molar-refractivity contribution in [3.05, 3.63) is 34.3 Å². The Balaban J connectivity index is 1.76. The molecule has 1 aliphatic rings. The predicted octanol–water partition coefficient (Wildman–Crippen LogP) is 3.71. The minimum atomic E-state index is -0.490. The third kappa shape index (κ3) is 5.82. The van der Waals surface area contributed by atoms with E-state index >= 15 is 0 Å². The largest absolute Gasteiger partial charge is 0.444 e. The fourth-order valence-electron chi connectivity index (χ4n) is 2.59. The van der Waals surface area contributed by atoms with Gasteiger partial charge in [0, 0.05) is 30.0 Å². The molecular formula is C18H25BrN2O3. The van der Waals surface area contributed by atoms with Gasteiger partial charge in [-0.15, -0.1) is 0 Å². The summed E-state index contributed by atoms with van der Waals surface area (Å²) >= 11 is 3.39. The molecule has 1 N–H and O–H groups in total. The van der Waals surface area contributed by atoms with E-state index in [0.29, 0.717) is 32.5 Å². The Morgan fingerprint density at radius 2 is 1.79 bits per heavy atom. The minimum absolute atomic E-state index is 0.0425. The minimum Gasteiger partial charge on any atom is -0.444 e. The lowest BCUT2D eigenvalue weighted by Gasteiger charge is -2.32. The summed E-state index contributed by atoms with van der Waals surface area (Å²) in [4.78, 5) is 26.0. The molecule has 24 heavy (non-hydrogen) atoms. The third-order valence-corrected chi connectivity index (χ3v) is 4.43. The molecule has 1 fully saturated rings. The zero-order valence-electron chi connectivity index (χ0n) is 14.5. The third-order valence-electron chi connectivity index (χ3n) is 3.90. The fraction of sp³-hybridized carbons (Fsp3) is 0.556. The van der Waals surface area contributed by atoms with Gasteiger partial charge < -0.3 is 15.0 Å². The number of hydrogen-bond acceptors (Lipinski definition) is 3. The van der Waals surface area contributed by atoms with Crippen LogP contribution in [0, 0.1) is 5.92 Å². The average Bonchev–Trinajstić information content (AvgIpc) is 2.52. The quantitative estimate of drug-likeness (QED) is 0.846. The summed E-state index contributed by atoms with van der Waals surface area (Å²) in [5.41, 5.74) is 0.577. The van der Waals surface area contributed by atoms with Crippen LogP contribution in [0.25, 0.3) is 0 Å². The van der Waals surface area contributed by atoms with Crippen molar-refractivity contribution >= 4 is 27.9 Å². The van der Waals surface area contributed by atoms with Crippen LogP contribution < -0.4 is 5.32 Å².